The highest BCUT2D eigenvalue weighted by atomic mass is 16.5. The van der Waals surface area contributed by atoms with Crippen LogP contribution in [0.3, 0.4) is 0 Å². The fourth-order valence-electron chi connectivity index (χ4n) is 4.22. The predicted molar refractivity (Wildman–Crippen MR) is 137 cm³/mol. The highest BCUT2D eigenvalue weighted by Crippen LogP contribution is 2.30. The van der Waals surface area contributed by atoms with Crippen LogP contribution in [-0.2, 0) is 0 Å². The van der Waals surface area contributed by atoms with Gasteiger partial charge >= 0.3 is 0 Å². The van der Waals surface area contributed by atoms with E-state index in [-0.39, 0.29) is 0 Å². The molecular formula is C28H41N3O. The first-order valence-corrected chi connectivity index (χ1v) is 12.7. The molecule has 0 aromatic carbocycles. The van der Waals surface area contributed by atoms with Crippen molar-refractivity contribution >= 4 is 11.8 Å². The van der Waals surface area contributed by atoms with E-state index in [0.717, 1.165) is 40.6 Å². The van der Waals surface area contributed by atoms with Gasteiger partial charge in [-0.05, 0) is 57.0 Å². The monoisotopic (exact) mass is 435 g/mol. The average Bonchev–Trinajstić information content (AvgIpc) is 3.51. The van der Waals surface area contributed by atoms with Crippen LogP contribution in [-0.4, -0.2) is 22.3 Å². The first-order valence-electron chi connectivity index (χ1n) is 12.7. The maximum absolute atomic E-state index is 5.86. The summed E-state index contributed by atoms with van der Waals surface area (Å²) in [6.45, 7) is 7.00. The molecule has 0 spiro atoms. The zero-order valence-electron chi connectivity index (χ0n) is 20.3. The normalized spacial score (nSPS) is 14.5. The van der Waals surface area contributed by atoms with Crippen LogP contribution in [0, 0.1) is 6.92 Å². The number of aromatic amines is 2. The van der Waals surface area contributed by atoms with Gasteiger partial charge in [0.2, 0.25) is 0 Å². The third kappa shape index (κ3) is 7.58. The maximum atomic E-state index is 5.86. The molecule has 1 aliphatic heterocycles. The number of allylic oxidation sites excluding steroid dienone is 2. The van der Waals surface area contributed by atoms with Crippen LogP contribution in [0.15, 0.2) is 41.0 Å². The Morgan fingerprint density at radius 1 is 0.844 bits per heavy atom. The van der Waals surface area contributed by atoms with E-state index in [4.69, 9.17) is 9.73 Å². The van der Waals surface area contributed by atoms with E-state index in [0.29, 0.717) is 6.61 Å². The van der Waals surface area contributed by atoms with E-state index in [9.17, 15) is 0 Å². The lowest BCUT2D eigenvalue weighted by molar-refractivity contribution is 0.340. The van der Waals surface area contributed by atoms with Gasteiger partial charge in [0, 0.05) is 17.5 Å². The van der Waals surface area contributed by atoms with Crippen molar-refractivity contribution in [2.24, 2.45) is 4.99 Å². The van der Waals surface area contributed by atoms with Gasteiger partial charge in [0.25, 0.3) is 0 Å². The topological polar surface area (TPSA) is 53.2 Å². The van der Waals surface area contributed by atoms with E-state index in [1.165, 1.54) is 69.9 Å². The molecule has 0 amide bonds. The zero-order chi connectivity index (χ0) is 22.6. The van der Waals surface area contributed by atoms with Crippen LogP contribution >= 0.6 is 0 Å². The van der Waals surface area contributed by atoms with Gasteiger partial charge in [-0.15, -0.1) is 0 Å². The number of ether oxygens (including phenoxy) is 1. The molecule has 32 heavy (non-hydrogen) atoms. The van der Waals surface area contributed by atoms with Crippen LogP contribution in [0.5, 0.6) is 5.75 Å². The lowest BCUT2D eigenvalue weighted by atomic mass is 10.0. The fraction of sp³-hybridized carbons (Fsp3) is 0.536. The molecule has 4 heteroatoms. The molecule has 1 aliphatic rings. The molecule has 0 unspecified atom stereocenters. The Bertz CT molecular complexity index is 913. The summed E-state index contributed by atoms with van der Waals surface area (Å²) in [5.74, 6) is 0.869. The number of hydrogen-bond acceptors (Lipinski definition) is 2. The van der Waals surface area contributed by atoms with Crippen molar-refractivity contribution in [2.75, 3.05) is 6.61 Å². The zero-order valence-corrected chi connectivity index (χ0v) is 20.3. The lowest BCUT2D eigenvalue weighted by Gasteiger charge is -2.02. The highest BCUT2D eigenvalue weighted by Gasteiger charge is 2.12. The number of aliphatic imine (C=N–C) groups is 1. The second-order valence-electron chi connectivity index (χ2n) is 8.89. The number of aromatic nitrogens is 2. The molecule has 0 bridgehead atoms. The smallest absolute Gasteiger partial charge is 0.144 e. The van der Waals surface area contributed by atoms with Gasteiger partial charge in [-0.3, -0.25) is 4.99 Å². The van der Waals surface area contributed by atoms with Crippen LogP contribution in [0.2, 0.25) is 0 Å². The number of aryl methyl sites for hydroxylation is 1. The van der Waals surface area contributed by atoms with Gasteiger partial charge in [-0.2, -0.15) is 0 Å². The molecule has 0 saturated heterocycles. The summed E-state index contributed by atoms with van der Waals surface area (Å²) in [6.07, 6.45) is 21.1. The fourth-order valence-corrected chi connectivity index (χ4v) is 4.22. The quantitative estimate of drug-likeness (QED) is 0.271. The molecule has 4 nitrogen and oxygen atoms in total. The molecule has 2 aromatic heterocycles. The molecule has 3 rings (SSSR count). The third-order valence-corrected chi connectivity index (χ3v) is 6.03. The Kier molecular flexibility index (Phi) is 9.93. The van der Waals surface area contributed by atoms with Crippen molar-refractivity contribution in [3.05, 3.63) is 47.4 Å². The van der Waals surface area contributed by atoms with Gasteiger partial charge in [-0.25, -0.2) is 0 Å². The Hall–Kier alpha value is -2.49. The van der Waals surface area contributed by atoms with Gasteiger partial charge in [0.05, 0.1) is 29.4 Å². The first-order chi connectivity index (χ1) is 15.7. The largest absolute Gasteiger partial charge is 0.492 e. The van der Waals surface area contributed by atoms with Crippen LogP contribution in [0.4, 0.5) is 0 Å². The van der Waals surface area contributed by atoms with Crippen molar-refractivity contribution < 1.29 is 4.74 Å². The lowest BCUT2D eigenvalue weighted by Crippen LogP contribution is -1.92. The van der Waals surface area contributed by atoms with Crippen molar-refractivity contribution in [2.45, 2.75) is 91.4 Å². The van der Waals surface area contributed by atoms with Crippen molar-refractivity contribution in [1.82, 2.24) is 9.97 Å². The van der Waals surface area contributed by atoms with Gasteiger partial charge in [-0.1, -0.05) is 64.7 Å². The molecular weight excluding hydrogens is 394 g/mol. The standard InChI is InChI=1S/C28H41N3O/c1-4-6-7-8-9-10-11-12-13-14-15-23-17-18-24(30-23)20-27-28(32-5-2)21-26(31-27)25-19-16-22(3)29-25/h16-21,29,31H,4-15H2,1-3H3/b24-20+. The molecule has 2 N–H and O–H groups in total. The van der Waals surface area contributed by atoms with E-state index in [1.54, 1.807) is 0 Å². The summed E-state index contributed by atoms with van der Waals surface area (Å²) >= 11 is 0. The van der Waals surface area contributed by atoms with Gasteiger partial charge in [0.1, 0.15) is 5.75 Å². The Balaban J connectivity index is 1.46. The molecule has 0 atom stereocenters. The number of H-pyrrole nitrogens is 2. The van der Waals surface area contributed by atoms with Crippen molar-refractivity contribution in [3.8, 4) is 17.1 Å². The molecule has 0 radical (unpaired) electrons. The van der Waals surface area contributed by atoms with Gasteiger partial charge < -0.3 is 14.7 Å². The Morgan fingerprint density at radius 2 is 1.56 bits per heavy atom. The number of nitrogens with one attached hydrogen (secondary N) is 2. The second kappa shape index (κ2) is 13.1. The third-order valence-electron chi connectivity index (χ3n) is 6.03. The summed E-state index contributed by atoms with van der Waals surface area (Å²) in [5, 5.41) is 0. The number of rotatable bonds is 15. The molecule has 3 heterocycles. The SMILES string of the molecule is CCCCCCCCCCCCC1=N/C(=C/c2[nH]c(-c3ccc(C)[nH]3)cc2OCC)C=C1. The molecule has 2 aromatic rings. The van der Waals surface area contributed by atoms with Crippen molar-refractivity contribution in [1.29, 1.82) is 0 Å². The van der Waals surface area contributed by atoms with E-state index < -0.39 is 0 Å². The first kappa shape index (κ1) is 24.2. The number of nitrogens with zero attached hydrogens (tertiary/aromatic N) is 1. The molecule has 0 saturated carbocycles. The second-order valence-corrected chi connectivity index (χ2v) is 8.89. The van der Waals surface area contributed by atoms with Crippen molar-refractivity contribution in [3.63, 3.8) is 0 Å². The van der Waals surface area contributed by atoms with Gasteiger partial charge in [0.15, 0.2) is 0 Å². The maximum Gasteiger partial charge on any atom is 0.144 e. The molecule has 174 valence electrons. The van der Waals surface area contributed by atoms with E-state index in [1.807, 2.05) is 6.92 Å². The Labute approximate surface area is 194 Å². The van der Waals surface area contributed by atoms with E-state index in [2.05, 4.69) is 60.2 Å². The summed E-state index contributed by atoms with van der Waals surface area (Å²) in [4.78, 5) is 11.7. The van der Waals surface area contributed by atoms with Crippen LogP contribution in [0.25, 0.3) is 17.5 Å². The minimum absolute atomic E-state index is 0.639. The summed E-state index contributed by atoms with van der Waals surface area (Å²) < 4.78 is 5.86. The number of unbranched alkanes of at least 4 members (excludes halogenated alkanes) is 9. The summed E-state index contributed by atoms with van der Waals surface area (Å²) in [7, 11) is 0. The summed E-state index contributed by atoms with van der Waals surface area (Å²) in [6, 6.07) is 6.23. The average molecular weight is 436 g/mol. The summed E-state index contributed by atoms with van der Waals surface area (Å²) in [5.41, 5.74) is 6.40. The van der Waals surface area contributed by atoms with Crippen LogP contribution < -0.4 is 4.74 Å². The van der Waals surface area contributed by atoms with Crippen LogP contribution in [0.1, 0.15) is 95.9 Å². The molecule has 0 aliphatic carbocycles. The number of hydrogen-bond donors (Lipinski definition) is 2. The minimum Gasteiger partial charge on any atom is -0.492 e. The Morgan fingerprint density at radius 3 is 2.22 bits per heavy atom. The van der Waals surface area contributed by atoms with E-state index >= 15 is 0 Å². The predicted octanol–water partition coefficient (Wildman–Crippen LogP) is 8.38. The minimum atomic E-state index is 0.639. The highest BCUT2D eigenvalue weighted by molar-refractivity contribution is 5.99. The molecule has 0 fully saturated rings.